The van der Waals surface area contributed by atoms with E-state index in [1.54, 1.807) is 30.3 Å². The van der Waals surface area contributed by atoms with Crippen molar-refractivity contribution >= 4 is 44.9 Å². The summed E-state index contributed by atoms with van der Waals surface area (Å²) in [6, 6.07) is 17.3. The third-order valence-electron chi connectivity index (χ3n) is 3.56. The van der Waals surface area contributed by atoms with Crippen LogP contribution in [-0.4, -0.2) is 18.2 Å². The van der Waals surface area contributed by atoms with Crippen molar-refractivity contribution in [3.05, 3.63) is 76.3 Å². The van der Waals surface area contributed by atoms with E-state index >= 15 is 0 Å². The minimum Gasteiger partial charge on any atom is -0.422 e. The van der Waals surface area contributed by atoms with E-state index in [1.807, 2.05) is 30.3 Å². The van der Waals surface area contributed by atoms with Crippen LogP contribution >= 0.6 is 15.9 Å². The van der Waals surface area contributed by atoms with Gasteiger partial charge in [-0.1, -0.05) is 52.3 Å². The molecule has 0 saturated carbocycles. The van der Waals surface area contributed by atoms with Gasteiger partial charge in [0.2, 0.25) is 0 Å². The number of hydrazone groups is 1. The van der Waals surface area contributed by atoms with Gasteiger partial charge in [-0.15, -0.1) is 0 Å². The van der Waals surface area contributed by atoms with Crippen molar-refractivity contribution in [3.8, 4) is 5.75 Å². The molecule has 3 N–H and O–H groups in total. The van der Waals surface area contributed by atoms with E-state index in [0.717, 1.165) is 15.2 Å². The standard InChI is InChI=1S/C19H14BrN3O3/c20-14-8-9-17(13(10-14)11-22-23-19(21)25)26-18(24)16-7-3-5-12-4-1-2-6-15(12)16/h1-11H,(H3,21,23,25)/b22-11+. The molecule has 0 bridgehead atoms. The van der Waals surface area contributed by atoms with Gasteiger partial charge in [0.25, 0.3) is 0 Å². The summed E-state index contributed by atoms with van der Waals surface area (Å²) in [4.78, 5) is 23.4. The van der Waals surface area contributed by atoms with Crippen LogP contribution in [0.2, 0.25) is 0 Å². The molecule has 0 aliphatic heterocycles. The number of hydrogen-bond acceptors (Lipinski definition) is 4. The molecule has 0 spiro atoms. The first kappa shape index (κ1) is 17.6. The molecular formula is C19H14BrN3O3. The van der Waals surface area contributed by atoms with Gasteiger partial charge in [0.1, 0.15) is 5.75 Å². The number of nitrogens with zero attached hydrogens (tertiary/aromatic N) is 1. The number of urea groups is 1. The minimum absolute atomic E-state index is 0.307. The lowest BCUT2D eigenvalue weighted by Crippen LogP contribution is -2.24. The van der Waals surface area contributed by atoms with E-state index in [0.29, 0.717) is 16.9 Å². The van der Waals surface area contributed by atoms with Crippen molar-refractivity contribution in [3.63, 3.8) is 0 Å². The molecule has 0 aliphatic rings. The van der Waals surface area contributed by atoms with Gasteiger partial charge in [-0.25, -0.2) is 15.0 Å². The first-order chi connectivity index (χ1) is 12.5. The lowest BCUT2D eigenvalue weighted by atomic mass is 10.0. The van der Waals surface area contributed by atoms with Crippen LogP contribution in [0.3, 0.4) is 0 Å². The third-order valence-corrected chi connectivity index (χ3v) is 4.06. The Morgan fingerprint density at radius 1 is 1.08 bits per heavy atom. The second-order valence-corrected chi connectivity index (χ2v) is 6.25. The van der Waals surface area contributed by atoms with Crippen LogP contribution in [0, 0.1) is 0 Å². The predicted octanol–water partition coefficient (Wildman–Crippen LogP) is 3.82. The van der Waals surface area contributed by atoms with E-state index in [9.17, 15) is 9.59 Å². The second kappa shape index (κ2) is 7.79. The lowest BCUT2D eigenvalue weighted by molar-refractivity contribution is 0.0736. The minimum atomic E-state index is -0.787. The summed E-state index contributed by atoms with van der Waals surface area (Å²) in [5.74, 6) is -0.178. The highest BCUT2D eigenvalue weighted by Gasteiger charge is 2.14. The van der Waals surface area contributed by atoms with Gasteiger partial charge in [-0.2, -0.15) is 5.10 Å². The maximum Gasteiger partial charge on any atom is 0.344 e. The molecule has 2 amide bonds. The Morgan fingerprint density at radius 3 is 2.65 bits per heavy atom. The number of carbonyl (C=O) groups is 2. The SMILES string of the molecule is NC(=O)N/N=C/c1cc(Br)ccc1OC(=O)c1cccc2ccccc12. The zero-order chi connectivity index (χ0) is 18.5. The number of esters is 1. The topological polar surface area (TPSA) is 93.8 Å². The van der Waals surface area contributed by atoms with Gasteiger partial charge in [0, 0.05) is 10.0 Å². The Labute approximate surface area is 157 Å². The molecule has 6 nitrogen and oxygen atoms in total. The van der Waals surface area contributed by atoms with Crippen molar-refractivity contribution in [1.29, 1.82) is 0 Å². The maximum absolute atomic E-state index is 12.7. The molecule has 0 aromatic heterocycles. The first-order valence-electron chi connectivity index (χ1n) is 7.62. The molecular weight excluding hydrogens is 398 g/mol. The molecule has 130 valence electrons. The zero-order valence-corrected chi connectivity index (χ0v) is 15.1. The fourth-order valence-corrected chi connectivity index (χ4v) is 2.82. The number of halogens is 1. The van der Waals surface area contributed by atoms with Gasteiger partial charge >= 0.3 is 12.0 Å². The lowest BCUT2D eigenvalue weighted by Gasteiger charge is -2.10. The number of nitrogens with one attached hydrogen (secondary N) is 1. The van der Waals surface area contributed by atoms with Gasteiger partial charge in [-0.05, 0) is 35.0 Å². The van der Waals surface area contributed by atoms with E-state index in [4.69, 9.17) is 10.5 Å². The van der Waals surface area contributed by atoms with Gasteiger partial charge < -0.3 is 10.5 Å². The molecule has 3 aromatic rings. The summed E-state index contributed by atoms with van der Waals surface area (Å²) >= 11 is 3.35. The Hall–Kier alpha value is -3.19. The fourth-order valence-electron chi connectivity index (χ4n) is 2.44. The highest BCUT2D eigenvalue weighted by Crippen LogP contribution is 2.25. The number of hydrogen-bond donors (Lipinski definition) is 2. The molecule has 0 heterocycles. The summed E-state index contributed by atoms with van der Waals surface area (Å²) in [5, 5.41) is 5.47. The molecule has 0 unspecified atom stereocenters. The Balaban J connectivity index is 1.91. The number of carbonyl (C=O) groups excluding carboxylic acids is 2. The summed E-state index contributed by atoms with van der Waals surface area (Å²) in [6.45, 7) is 0. The van der Waals surface area contributed by atoms with Crippen LogP contribution in [0.5, 0.6) is 5.75 Å². The predicted molar refractivity (Wildman–Crippen MR) is 103 cm³/mol. The quantitative estimate of drug-likeness (QED) is 0.295. The van der Waals surface area contributed by atoms with Crippen molar-refractivity contribution in [1.82, 2.24) is 5.43 Å². The highest BCUT2D eigenvalue weighted by molar-refractivity contribution is 9.10. The molecule has 0 saturated heterocycles. The largest absolute Gasteiger partial charge is 0.422 e. The van der Waals surface area contributed by atoms with Gasteiger partial charge in [0.05, 0.1) is 11.8 Å². The smallest absolute Gasteiger partial charge is 0.344 e. The van der Waals surface area contributed by atoms with E-state index in [-0.39, 0.29) is 0 Å². The Bertz CT molecular complexity index is 1010. The van der Waals surface area contributed by atoms with Crippen LogP contribution in [0.25, 0.3) is 10.8 Å². The van der Waals surface area contributed by atoms with E-state index in [1.165, 1.54) is 6.21 Å². The Kier molecular flexibility index (Phi) is 5.28. The summed E-state index contributed by atoms with van der Waals surface area (Å²) in [5.41, 5.74) is 8.04. The molecule has 3 rings (SSSR count). The van der Waals surface area contributed by atoms with Crippen LogP contribution in [-0.2, 0) is 0 Å². The number of benzene rings is 3. The number of fused-ring (bicyclic) bond motifs is 1. The molecule has 3 aromatic carbocycles. The molecule has 0 fully saturated rings. The fraction of sp³-hybridized carbons (Fsp3) is 0. The Morgan fingerprint density at radius 2 is 1.85 bits per heavy atom. The number of nitrogens with two attached hydrogens (primary N) is 1. The number of ether oxygens (including phenoxy) is 1. The maximum atomic E-state index is 12.7. The number of rotatable bonds is 4. The summed E-state index contributed by atoms with van der Waals surface area (Å²) in [7, 11) is 0. The normalized spacial score (nSPS) is 10.8. The average molecular weight is 412 g/mol. The van der Waals surface area contributed by atoms with Crippen LogP contribution in [0.4, 0.5) is 4.79 Å². The summed E-state index contributed by atoms with van der Waals surface area (Å²) in [6.07, 6.45) is 1.35. The van der Waals surface area contributed by atoms with E-state index < -0.39 is 12.0 Å². The van der Waals surface area contributed by atoms with Crippen molar-refractivity contribution < 1.29 is 14.3 Å². The van der Waals surface area contributed by atoms with Crippen molar-refractivity contribution in [2.75, 3.05) is 0 Å². The number of primary amides is 1. The monoisotopic (exact) mass is 411 g/mol. The van der Waals surface area contributed by atoms with Gasteiger partial charge in [-0.3, -0.25) is 0 Å². The average Bonchev–Trinajstić information content (AvgIpc) is 2.63. The first-order valence-corrected chi connectivity index (χ1v) is 8.42. The van der Waals surface area contributed by atoms with E-state index in [2.05, 4.69) is 26.5 Å². The number of amides is 2. The molecule has 0 atom stereocenters. The third kappa shape index (κ3) is 4.07. The molecule has 26 heavy (non-hydrogen) atoms. The van der Waals surface area contributed by atoms with Crippen LogP contribution < -0.4 is 15.9 Å². The molecule has 0 aliphatic carbocycles. The van der Waals surface area contributed by atoms with Crippen LogP contribution in [0.15, 0.2) is 70.2 Å². The molecule has 7 heteroatoms. The van der Waals surface area contributed by atoms with Crippen molar-refractivity contribution in [2.45, 2.75) is 0 Å². The highest BCUT2D eigenvalue weighted by atomic mass is 79.9. The van der Waals surface area contributed by atoms with Crippen molar-refractivity contribution in [2.24, 2.45) is 10.8 Å². The molecule has 0 radical (unpaired) electrons. The van der Waals surface area contributed by atoms with Gasteiger partial charge in [0.15, 0.2) is 0 Å². The summed E-state index contributed by atoms with van der Waals surface area (Å²) < 4.78 is 6.32. The second-order valence-electron chi connectivity index (χ2n) is 5.33. The van der Waals surface area contributed by atoms with Crippen LogP contribution in [0.1, 0.15) is 15.9 Å². The zero-order valence-electron chi connectivity index (χ0n) is 13.5.